The molecule has 20 heavy (non-hydrogen) atoms. The molecule has 110 valence electrons. The molecule has 1 aromatic carbocycles. The van der Waals surface area contributed by atoms with Gasteiger partial charge >= 0.3 is 0 Å². The van der Waals surface area contributed by atoms with Gasteiger partial charge in [-0.1, -0.05) is 12.1 Å². The molecule has 0 aromatic heterocycles. The number of benzene rings is 1. The highest BCUT2D eigenvalue weighted by Crippen LogP contribution is 2.10. The van der Waals surface area contributed by atoms with Crippen LogP contribution in [0.4, 0.5) is 0 Å². The van der Waals surface area contributed by atoms with Gasteiger partial charge in [0.05, 0.1) is 13.7 Å². The zero-order valence-corrected chi connectivity index (χ0v) is 12.3. The highest BCUT2D eigenvalue weighted by atomic mass is 16.5. The molecule has 0 aliphatic carbocycles. The fourth-order valence-electron chi connectivity index (χ4n) is 2.21. The Morgan fingerprint density at radius 2 is 1.85 bits per heavy atom. The number of ether oxygens (including phenoxy) is 1. The maximum atomic E-state index is 11.9. The highest BCUT2D eigenvalue weighted by molar-refractivity contribution is 5.78. The number of rotatable bonds is 5. The van der Waals surface area contributed by atoms with Gasteiger partial charge in [0.1, 0.15) is 5.75 Å². The maximum Gasteiger partial charge on any atom is 0.234 e. The van der Waals surface area contributed by atoms with Crippen LogP contribution in [-0.2, 0) is 11.3 Å². The molecule has 0 bridgehead atoms. The lowest BCUT2D eigenvalue weighted by atomic mass is 10.2. The summed E-state index contributed by atoms with van der Waals surface area (Å²) in [5.74, 6) is 0.919. The number of nitrogens with one attached hydrogen (secondary N) is 1. The third kappa shape index (κ3) is 4.51. The minimum Gasteiger partial charge on any atom is -0.497 e. The summed E-state index contributed by atoms with van der Waals surface area (Å²) < 4.78 is 5.11. The van der Waals surface area contributed by atoms with Crippen LogP contribution in [0.25, 0.3) is 0 Å². The Morgan fingerprint density at radius 1 is 1.20 bits per heavy atom. The van der Waals surface area contributed by atoms with Gasteiger partial charge in [-0.2, -0.15) is 0 Å². The molecule has 2 rings (SSSR count). The first-order valence-electron chi connectivity index (χ1n) is 6.98. The van der Waals surface area contributed by atoms with Crippen LogP contribution in [0, 0.1) is 0 Å². The van der Waals surface area contributed by atoms with E-state index in [9.17, 15) is 4.79 Å². The molecule has 1 heterocycles. The first-order chi connectivity index (χ1) is 9.67. The number of hydrogen-bond acceptors (Lipinski definition) is 4. The Bertz CT molecular complexity index is 425. The molecular formula is C15H23N3O2. The number of likely N-dealkylation sites (N-methyl/N-ethyl adjacent to an activating group) is 1. The number of methoxy groups -OCH3 is 1. The summed E-state index contributed by atoms with van der Waals surface area (Å²) in [6.07, 6.45) is 0. The predicted octanol–water partition coefficient (Wildman–Crippen LogP) is 0.559. The van der Waals surface area contributed by atoms with Gasteiger partial charge in [-0.25, -0.2) is 0 Å². The van der Waals surface area contributed by atoms with Crippen molar-refractivity contribution in [1.29, 1.82) is 0 Å². The third-order valence-corrected chi connectivity index (χ3v) is 3.61. The van der Waals surface area contributed by atoms with Crippen molar-refractivity contribution in [2.75, 3.05) is 46.9 Å². The van der Waals surface area contributed by atoms with Crippen LogP contribution in [-0.4, -0.2) is 62.6 Å². The molecule has 1 aliphatic rings. The Morgan fingerprint density at radius 3 is 2.45 bits per heavy atom. The quantitative estimate of drug-likeness (QED) is 0.854. The topological polar surface area (TPSA) is 44.8 Å². The summed E-state index contributed by atoms with van der Waals surface area (Å²) in [6.45, 7) is 5.05. The number of carbonyl (C=O) groups is 1. The van der Waals surface area contributed by atoms with E-state index in [2.05, 4.69) is 22.2 Å². The molecule has 1 fully saturated rings. The number of hydrogen-bond donors (Lipinski definition) is 1. The van der Waals surface area contributed by atoms with E-state index in [4.69, 9.17) is 4.74 Å². The summed E-state index contributed by atoms with van der Waals surface area (Å²) >= 11 is 0. The second-order valence-corrected chi connectivity index (χ2v) is 5.20. The smallest absolute Gasteiger partial charge is 0.234 e. The minimum atomic E-state index is 0.0883. The molecule has 1 aromatic rings. The van der Waals surface area contributed by atoms with E-state index < -0.39 is 0 Å². The van der Waals surface area contributed by atoms with Crippen molar-refractivity contribution in [3.63, 3.8) is 0 Å². The molecule has 0 saturated carbocycles. The Labute approximate surface area is 120 Å². The van der Waals surface area contributed by atoms with Gasteiger partial charge in [0, 0.05) is 32.7 Å². The van der Waals surface area contributed by atoms with Crippen molar-refractivity contribution in [3.05, 3.63) is 29.8 Å². The molecule has 5 nitrogen and oxygen atoms in total. The van der Waals surface area contributed by atoms with Gasteiger partial charge in [0.25, 0.3) is 0 Å². The summed E-state index contributed by atoms with van der Waals surface area (Å²) in [4.78, 5) is 16.4. The van der Waals surface area contributed by atoms with E-state index in [1.807, 2.05) is 24.3 Å². The Balaban J connectivity index is 1.71. The van der Waals surface area contributed by atoms with Crippen molar-refractivity contribution in [2.24, 2.45) is 0 Å². The molecule has 1 N–H and O–H groups in total. The zero-order valence-electron chi connectivity index (χ0n) is 12.3. The molecule has 1 saturated heterocycles. The molecule has 5 heteroatoms. The zero-order chi connectivity index (χ0) is 14.4. The van der Waals surface area contributed by atoms with Gasteiger partial charge in [-0.05, 0) is 24.7 Å². The van der Waals surface area contributed by atoms with Crippen molar-refractivity contribution in [3.8, 4) is 5.75 Å². The van der Waals surface area contributed by atoms with Crippen LogP contribution < -0.4 is 10.1 Å². The summed E-state index contributed by atoms with van der Waals surface area (Å²) in [5, 5.41) is 2.96. The van der Waals surface area contributed by atoms with Crippen LogP contribution in [0.15, 0.2) is 24.3 Å². The molecule has 0 unspecified atom stereocenters. The van der Waals surface area contributed by atoms with E-state index >= 15 is 0 Å². The van der Waals surface area contributed by atoms with Gasteiger partial charge in [0.2, 0.25) is 5.91 Å². The minimum absolute atomic E-state index is 0.0883. The maximum absolute atomic E-state index is 11.9. The largest absolute Gasteiger partial charge is 0.497 e. The van der Waals surface area contributed by atoms with Gasteiger partial charge in [-0.15, -0.1) is 0 Å². The normalized spacial score (nSPS) is 16.9. The van der Waals surface area contributed by atoms with Crippen molar-refractivity contribution < 1.29 is 9.53 Å². The average molecular weight is 277 g/mol. The van der Waals surface area contributed by atoms with Crippen LogP contribution in [0.5, 0.6) is 5.75 Å². The lowest BCUT2D eigenvalue weighted by Gasteiger charge is -2.31. The lowest BCUT2D eigenvalue weighted by molar-refractivity contribution is -0.122. The number of carbonyl (C=O) groups excluding carboxylic acids is 1. The van der Waals surface area contributed by atoms with E-state index in [0.717, 1.165) is 37.5 Å². The number of amides is 1. The highest BCUT2D eigenvalue weighted by Gasteiger charge is 2.16. The summed E-state index contributed by atoms with van der Waals surface area (Å²) in [5.41, 5.74) is 1.08. The van der Waals surface area contributed by atoms with Gasteiger partial charge < -0.3 is 15.0 Å². The third-order valence-electron chi connectivity index (χ3n) is 3.61. The van der Waals surface area contributed by atoms with Crippen molar-refractivity contribution in [1.82, 2.24) is 15.1 Å². The van der Waals surface area contributed by atoms with Gasteiger partial charge in [-0.3, -0.25) is 9.69 Å². The second-order valence-electron chi connectivity index (χ2n) is 5.20. The first-order valence-corrected chi connectivity index (χ1v) is 6.98. The molecule has 1 amide bonds. The monoisotopic (exact) mass is 277 g/mol. The number of piperazine rings is 1. The SMILES string of the molecule is COc1ccc(CNC(=O)CN2CCN(C)CC2)cc1. The van der Waals surface area contributed by atoms with E-state index in [1.165, 1.54) is 0 Å². The molecule has 0 spiro atoms. The summed E-state index contributed by atoms with van der Waals surface area (Å²) in [7, 11) is 3.76. The van der Waals surface area contributed by atoms with Crippen molar-refractivity contribution in [2.45, 2.75) is 6.54 Å². The van der Waals surface area contributed by atoms with Crippen molar-refractivity contribution >= 4 is 5.91 Å². The van der Waals surface area contributed by atoms with E-state index in [0.29, 0.717) is 13.1 Å². The number of nitrogens with zero attached hydrogens (tertiary/aromatic N) is 2. The van der Waals surface area contributed by atoms with Crippen LogP contribution in [0.1, 0.15) is 5.56 Å². The van der Waals surface area contributed by atoms with Crippen LogP contribution in [0.2, 0.25) is 0 Å². The Hall–Kier alpha value is -1.59. The molecule has 0 atom stereocenters. The fraction of sp³-hybridized carbons (Fsp3) is 0.533. The first kappa shape index (κ1) is 14.8. The fourth-order valence-corrected chi connectivity index (χ4v) is 2.21. The standard InChI is InChI=1S/C15H23N3O2/c1-17-7-9-18(10-8-17)12-15(19)16-11-13-3-5-14(20-2)6-4-13/h3-6H,7-12H2,1-2H3,(H,16,19). The second kappa shape index (κ2) is 7.26. The average Bonchev–Trinajstić information content (AvgIpc) is 2.48. The molecule has 1 aliphatic heterocycles. The molecule has 0 radical (unpaired) electrons. The predicted molar refractivity (Wildman–Crippen MR) is 78.8 cm³/mol. The van der Waals surface area contributed by atoms with Gasteiger partial charge in [0.15, 0.2) is 0 Å². The molecular weight excluding hydrogens is 254 g/mol. The lowest BCUT2D eigenvalue weighted by Crippen LogP contribution is -2.48. The van der Waals surface area contributed by atoms with E-state index in [1.54, 1.807) is 7.11 Å². The Kier molecular flexibility index (Phi) is 5.38. The van der Waals surface area contributed by atoms with E-state index in [-0.39, 0.29) is 5.91 Å². The summed E-state index contributed by atoms with van der Waals surface area (Å²) in [6, 6.07) is 7.74. The van der Waals surface area contributed by atoms with Crippen LogP contribution >= 0.6 is 0 Å². The van der Waals surface area contributed by atoms with Crippen LogP contribution in [0.3, 0.4) is 0 Å².